The highest BCUT2D eigenvalue weighted by Gasteiger charge is 2.22. The summed E-state index contributed by atoms with van der Waals surface area (Å²) in [6.07, 6.45) is 1.99. The van der Waals surface area contributed by atoms with E-state index in [2.05, 4.69) is 4.72 Å². The fourth-order valence-electron chi connectivity index (χ4n) is 2.01. The highest BCUT2D eigenvalue weighted by molar-refractivity contribution is 7.99. The fourth-order valence-corrected chi connectivity index (χ4v) is 4.87. The Labute approximate surface area is 127 Å². The van der Waals surface area contributed by atoms with Crippen LogP contribution < -0.4 is 10.5 Å². The van der Waals surface area contributed by atoms with Crippen molar-refractivity contribution in [1.82, 2.24) is 4.72 Å². The molecule has 0 aromatic heterocycles. The molecule has 20 heavy (non-hydrogen) atoms. The van der Waals surface area contributed by atoms with Crippen LogP contribution in [0.1, 0.15) is 12.8 Å². The number of hydrogen-bond acceptors (Lipinski definition) is 4. The smallest absolute Gasteiger partial charge is 0.242 e. The van der Waals surface area contributed by atoms with Gasteiger partial charge in [-0.05, 0) is 42.4 Å². The summed E-state index contributed by atoms with van der Waals surface area (Å²) in [4.78, 5) is -0.178. The number of anilines is 1. The third kappa shape index (κ3) is 3.78. The number of nitrogen functional groups attached to an aromatic ring is 1. The summed E-state index contributed by atoms with van der Waals surface area (Å²) in [5.74, 6) is 1.72. The van der Waals surface area contributed by atoms with E-state index in [9.17, 15) is 12.8 Å². The zero-order valence-electron chi connectivity index (χ0n) is 10.7. The molecule has 0 spiro atoms. The second-order valence-electron chi connectivity index (χ2n) is 4.71. The molecular weight excluding hydrogens is 323 g/mol. The lowest BCUT2D eigenvalue weighted by Gasteiger charge is -2.21. The number of hydrogen-bond donors (Lipinski definition) is 2. The maximum atomic E-state index is 13.2. The summed E-state index contributed by atoms with van der Waals surface area (Å²) in [5.41, 5.74) is 5.16. The number of benzene rings is 1. The van der Waals surface area contributed by atoms with Gasteiger partial charge in [-0.1, -0.05) is 11.6 Å². The molecule has 0 aliphatic carbocycles. The molecule has 1 aliphatic heterocycles. The first kappa shape index (κ1) is 15.9. The van der Waals surface area contributed by atoms with Crippen LogP contribution in [0.3, 0.4) is 0 Å². The summed E-state index contributed by atoms with van der Waals surface area (Å²) >= 11 is 7.67. The normalized spacial score (nSPS) is 17.3. The molecule has 0 saturated carbocycles. The Morgan fingerprint density at radius 1 is 1.40 bits per heavy atom. The van der Waals surface area contributed by atoms with Crippen LogP contribution in [0.4, 0.5) is 10.1 Å². The summed E-state index contributed by atoms with van der Waals surface area (Å²) in [6.45, 7) is 0.372. The minimum atomic E-state index is -3.77. The Hall–Kier alpha value is -0.500. The fraction of sp³-hybridized carbons (Fsp3) is 0.500. The first-order valence-corrected chi connectivity index (χ1v) is 9.23. The third-order valence-electron chi connectivity index (χ3n) is 3.24. The number of rotatable bonds is 4. The molecule has 1 saturated heterocycles. The lowest BCUT2D eigenvalue weighted by molar-refractivity contribution is 0.476. The van der Waals surface area contributed by atoms with Crippen LogP contribution in [0.15, 0.2) is 17.0 Å². The maximum absolute atomic E-state index is 13.2. The van der Waals surface area contributed by atoms with Gasteiger partial charge in [0.1, 0.15) is 10.7 Å². The van der Waals surface area contributed by atoms with Gasteiger partial charge in [0.05, 0.1) is 10.7 Å². The van der Waals surface area contributed by atoms with Crippen LogP contribution in [0.25, 0.3) is 0 Å². The Balaban J connectivity index is 2.11. The van der Waals surface area contributed by atoms with Gasteiger partial charge in [0.25, 0.3) is 0 Å². The van der Waals surface area contributed by atoms with Gasteiger partial charge >= 0.3 is 0 Å². The number of nitrogens with one attached hydrogen (secondary N) is 1. The molecule has 2 rings (SSSR count). The summed E-state index contributed by atoms with van der Waals surface area (Å²) in [5, 5.41) is -0.164. The van der Waals surface area contributed by atoms with Crippen molar-refractivity contribution in [2.75, 3.05) is 23.8 Å². The molecule has 0 unspecified atom stereocenters. The van der Waals surface area contributed by atoms with Gasteiger partial charge in [0, 0.05) is 6.54 Å². The predicted octanol–water partition coefficient (Wildman–Crippen LogP) is 2.48. The third-order valence-corrected chi connectivity index (χ3v) is 6.18. The molecule has 0 amide bonds. The van der Waals surface area contributed by atoms with Crippen molar-refractivity contribution in [2.24, 2.45) is 5.92 Å². The number of halogens is 2. The van der Waals surface area contributed by atoms with Gasteiger partial charge in [-0.2, -0.15) is 11.8 Å². The van der Waals surface area contributed by atoms with E-state index in [1.165, 1.54) is 0 Å². The SMILES string of the molecule is Nc1cc(S(=O)(=O)NCC2CCSCC2)c(Cl)cc1F. The van der Waals surface area contributed by atoms with E-state index in [-0.39, 0.29) is 15.6 Å². The molecule has 1 aliphatic rings. The maximum Gasteiger partial charge on any atom is 0.242 e. The standard InChI is InChI=1S/C12H16ClFN2O2S2/c13-9-5-10(14)11(15)6-12(9)20(17,18)16-7-8-1-3-19-4-2-8/h5-6,8,16H,1-4,7,15H2. The van der Waals surface area contributed by atoms with E-state index in [4.69, 9.17) is 17.3 Å². The molecule has 1 aromatic carbocycles. The lowest BCUT2D eigenvalue weighted by atomic mass is 10.0. The molecule has 8 heteroatoms. The van der Waals surface area contributed by atoms with E-state index in [1.54, 1.807) is 0 Å². The van der Waals surface area contributed by atoms with Crippen LogP contribution in [-0.2, 0) is 10.0 Å². The van der Waals surface area contributed by atoms with Crippen molar-refractivity contribution in [3.63, 3.8) is 0 Å². The first-order valence-electron chi connectivity index (χ1n) is 6.22. The van der Waals surface area contributed by atoms with Crippen molar-refractivity contribution in [1.29, 1.82) is 0 Å². The average molecular weight is 339 g/mol. The highest BCUT2D eigenvalue weighted by Crippen LogP contribution is 2.27. The van der Waals surface area contributed by atoms with Crippen molar-refractivity contribution in [3.8, 4) is 0 Å². The van der Waals surface area contributed by atoms with Crippen molar-refractivity contribution >= 4 is 39.1 Å². The summed E-state index contributed by atoms with van der Waals surface area (Å²) in [6, 6.07) is 1.97. The quantitative estimate of drug-likeness (QED) is 0.827. The molecular formula is C12H16ClFN2O2S2. The van der Waals surface area contributed by atoms with Gasteiger partial charge in [-0.25, -0.2) is 17.5 Å². The minimum Gasteiger partial charge on any atom is -0.396 e. The monoisotopic (exact) mass is 338 g/mol. The second kappa shape index (κ2) is 6.51. The van der Waals surface area contributed by atoms with E-state index in [0.29, 0.717) is 12.5 Å². The second-order valence-corrected chi connectivity index (χ2v) is 8.08. The highest BCUT2D eigenvalue weighted by atomic mass is 35.5. The molecule has 3 N–H and O–H groups in total. The summed E-state index contributed by atoms with van der Waals surface area (Å²) < 4.78 is 40.1. The Kier molecular flexibility index (Phi) is 5.17. The molecule has 0 radical (unpaired) electrons. The van der Waals surface area contributed by atoms with Gasteiger partial charge < -0.3 is 5.73 Å². The molecule has 4 nitrogen and oxygen atoms in total. The zero-order chi connectivity index (χ0) is 14.8. The predicted molar refractivity (Wildman–Crippen MR) is 81.1 cm³/mol. The van der Waals surface area contributed by atoms with E-state index < -0.39 is 15.8 Å². The number of nitrogens with two attached hydrogens (primary N) is 1. The Morgan fingerprint density at radius 2 is 2.05 bits per heavy atom. The molecule has 1 fully saturated rings. The van der Waals surface area contributed by atoms with Crippen LogP contribution in [-0.4, -0.2) is 26.5 Å². The number of sulfonamides is 1. The van der Waals surface area contributed by atoms with Gasteiger partial charge in [-0.15, -0.1) is 0 Å². The molecule has 0 atom stereocenters. The Bertz CT molecular complexity index is 589. The molecule has 112 valence electrons. The van der Waals surface area contributed by atoms with Gasteiger partial charge in [0.2, 0.25) is 10.0 Å². The zero-order valence-corrected chi connectivity index (χ0v) is 13.1. The number of thioether (sulfide) groups is 1. The van der Waals surface area contributed by atoms with E-state index in [0.717, 1.165) is 36.5 Å². The summed E-state index contributed by atoms with van der Waals surface area (Å²) in [7, 11) is -3.77. The van der Waals surface area contributed by atoms with Crippen LogP contribution in [0, 0.1) is 11.7 Å². The van der Waals surface area contributed by atoms with Crippen LogP contribution in [0.5, 0.6) is 0 Å². The molecule has 1 aromatic rings. The van der Waals surface area contributed by atoms with Crippen molar-refractivity contribution in [2.45, 2.75) is 17.7 Å². The van der Waals surface area contributed by atoms with Crippen molar-refractivity contribution < 1.29 is 12.8 Å². The average Bonchev–Trinajstić information content (AvgIpc) is 2.42. The molecule has 0 bridgehead atoms. The van der Waals surface area contributed by atoms with Crippen molar-refractivity contribution in [3.05, 3.63) is 23.0 Å². The van der Waals surface area contributed by atoms with Gasteiger partial charge in [0.15, 0.2) is 0 Å². The first-order chi connectivity index (χ1) is 9.40. The van der Waals surface area contributed by atoms with E-state index >= 15 is 0 Å². The topological polar surface area (TPSA) is 72.2 Å². The lowest BCUT2D eigenvalue weighted by Crippen LogP contribution is -2.31. The minimum absolute atomic E-state index is 0.164. The molecule has 1 heterocycles. The van der Waals surface area contributed by atoms with Crippen LogP contribution in [0.2, 0.25) is 5.02 Å². The Morgan fingerprint density at radius 3 is 2.70 bits per heavy atom. The van der Waals surface area contributed by atoms with Crippen LogP contribution >= 0.6 is 23.4 Å². The van der Waals surface area contributed by atoms with E-state index in [1.807, 2.05) is 11.8 Å². The van der Waals surface area contributed by atoms with Gasteiger partial charge in [-0.3, -0.25) is 0 Å². The largest absolute Gasteiger partial charge is 0.396 e.